The second-order valence-corrected chi connectivity index (χ2v) is 6.15. The van der Waals surface area contributed by atoms with Gasteiger partial charge in [-0.3, -0.25) is 5.10 Å². The first kappa shape index (κ1) is 14.1. The average Bonchev–Trinajstić information content (AvgIpc) is 2.96. The fourth-order valence-electron chi connectivity index (χ4n) is 3.00. The summed E-state index contributed by atoms with van der Waals surface area (Å²) < 4.78 is 28.4. The lowest BCUT2D eigenvalue weighted by atomic mass is 10.0. The Balaban J connectivity index is 1.76. The number of hydrogen-bond acceptors (Lipinski definition) is 2. The summed E-state index contributed by atoms with van der Waals surface area (Å²) >= 11 is 0. The zero-order valence-corrected chi connectivity index (χ0v) is 12.8. The third-order valence-corrected chi connectivity index (χ3v) is 4.40. The van der Waals surface area contributed by atoms with Crippen molar-refractivity contribution in [1.82, 2.24) is 19.7 Å². The third kappa shape index (κ3) is 2.34. The normalized spacial score (nSPS) is 19.0. The fraction of sp³-hybridized carbons (Fsp3) is 0.294. The van der Waals surface area contributed by atoms with Crippen LogP contribution in [-0.2, 0) is 0 Å². The highest BCUT2D eigenvalue weighted by Crippen LogP contribution is 2.55. The number of rotatable bonds is 3. The van der Waals surface area contributed by atoms with Crippen LogP contribution >= 0.6 is 0 Å². The van der Waals surface area contributed by atoms with Crippen molar-refractivity contribution >= 4 is 0 Å². The molecule has 1 aliphatic carbocycles. The minimum atomic E-state index is -2.59. The predicted molar refractivity (Wildman–Crippen MR) is 82.9 cm³/mol. The van der Waals surface area contributed by atoms with Gasteiger partial charge >= 0.3 is 0 Å². The van der Waals surface area contributed by atoms with Crippen LogP contribution in [0.3, 0.4) is 0 Å². The van der Waals surface area contributed by atoms with E-state index >= 15 is 0 Å². The summed E-state index contributed by atoms with van der Waals surface area (Å²) in [7, 11) is 0. The number of halogens is 2. The molecule has 0 saturated heterocycles. The van der Waals surface area contributed by atoms with Gasteiger partial charge in [0.25, 0.3) is 5.92 Å². The van der Waals surface area contributed by atoms with Gasteiger partial charge in [0.1, 0.15) is 0 Å². The Bertz CT molecular complexity index is 865. The number of aromatic nitrogens is 4. The van der Waals surface area contributed by atoms with Crippen LogP contribution in [0.1, 0.15) is 29.2 Å². The largest absolute Gasteiger partial charge is 0.306 e. The molecule has 6 heteroatoms. The van der Waals surface area contributed by atoms with E-state index in [0.717, 1.165) is 22.4 Å². The van der Waals surface area contributed by atoms with Crippen molar-refractivity contribution in [3.8, 4) is 16.9 Å². The maximum atomic E-state index is 13.2. The molecule has 1 saturated carbocycles. The molecular weight excluding hydrogens is 298 g/mol. The number of imidazole rings is 1. The summed E-state index contributed by atoms with van der Waals surface area (Å²) in [4.78, 5) is 4.07. The molecule has 0 spiro atoms. The van der Waals surface area contributed by atoms with Crippen molar-refractivity contribution in [2.45, 2.75) is 32.1 Å². The molecule has 1 aromatic carbocycles. The molecule has 0 amide bonds. The van der Waals surface area contributed by atoms with Gasteiger partial charge < -0.3 is 4.57 Å². The second kappa shape index (κ2) is 4.75. The lowest BCUT2D eigenvalue weighted by Gasteiger charge is -2.11. The second-order valence-electron chi connectivity index (χ2n) is 6.15. The van der Waals surface area contributed by atoms with Gasteiger partial charge in [-0.05, 0) is 37.1 Å². The summed E-state index contributed by atoms with van der Waals surface area (Å²) in [5.41, 5.74) is 5.33. The SMILES string of the molecule is Cc1cc(C)c(-n2ccnc2)cc1-c1cc([C@H]2CC2(F)F)[nH]n1. The molecule has 0 bridgehead atoms. The number of alkyl halides is 2. The van der Waals surface area contributed by atoms with E-state index in [-0.39, 0.29) is 6.42 Å². The summed E-state index contributed by atoms with van der Waals surface area (Å²) in [5, 5.41) is 7.01. The van der Waals surface area contributed by atoms with Crippen LogP contribution < -0.4 is 0 Å². The molecule has 2 heterocycles. The van der Waals surface area contributed by atoms with Crippen molar-refractivity contribution in [3.05, 3.63) is 53.7 Å². The smallest absolute Gasteiger partial charge is 0.257 e. The number of aryl methyl sites for hydroxylation is 2. The summed E-state index contributed by atoms with van der Waals surface area (Å²) in [6.07, 6.45) is 5.24. The van der Waals surface area contributed by atoms with Crippen molar-refractivity contribution in [3.63, 3.8) is 0 Å². The van der Waals surface area contributed by atoms with E-state index in [4.69, 9.17) is 0 Å². The van der Waals surface area contributed by atoms with Gasteiger partial charge in [0, 0.05) is 30.1 Å². The number of hydrogen-bond donors (Lipinski definition) is 1. The van der Waals surface area contributed by atoms with Crippen LogP contribution in [0.2, 0.25) is 0 Å². The van der Waals surface area contributed by atoms with Gasteiger partial charge in [-0.1, -0.05) is 6.07 Å². The first-order chi connectivity index (χ1) is 11.0. The molecule has 3 aromatic rings. The highest BCUT2D eigenvalue weighted by atomic mass is 19.3. The van der Waals surface area contributed by atoms with E-state index in [1.54, 1.807) is 18.6 Å². The highest BCUT2D eigenvalue weighted by Gasteiger charge is 2.58. The van der Waals surface area contributed by atoms with Gasteiger partial charge in [0.05, 0.1) is 23.6 Å². The molecular formula is C17H16F2N4. The topological polar surface area (TPSA) is 46.5 Å². The first-order valence-electron chi connectivity index (χ1n) is 7.49. The summed E-state index contributed by atoms with van der Waals surface area (Å²) in [6, 6.07) is 5.84. The Kier molecular flexibility index (Phi) is 2.91. The Morgan fingerprint density at radius 2 is 2.00 bits per heavy atom. The van der Waals surface area contributed by atoms with Gasteiger partial charge in [-0.15, -0.1) is 0 Å². The standard InChI is InChI=1S/C17H16F2N4/c1-10-5-11(2)16(23-4-3-20-9-23)6-12(10)14-7-15(22-21-14)13-8-17(13,18)19/h3-7,9,13H,8H2,1-2H3,(H,21,22)/t13-/m1/s1. The minimum Gasteiger partial charge on any atom is -0.306 e. The maximum absolute atomic E-state index is 13.2. The van der Waals surface area contributed by atoms with E-state index < -0.39 is 11.8 Å². The Hall–Kier alpha value is -2.50. The third-order valence-electron chi connectivity index (χ3n) is 4.40. The van der Waals surface area contributed by atoms with E-state index in [1.807, 2.05) is 30.7 Å². The predicted octanol–water partition coefficient (Wildman–Crippen LogP) is 4.00. The number of nitrogens with one attached hydrogen (secondary N) is 1. The van der Waals surface area contributed by atoms with Crippen LogP contribution in [-0.4, -0.2) is 25.7 Å². The molecule has 1 fully saturated rings. The maximum Gasteiger partial charge on any atom is 0.257 e. The van der Waals surface area contributed by atoms with Gasteiger partial charge in [0.2, 0.25) is 0 Å². The number of aromatic amines is 1. The molecule has 1 aliphatic rings. The van der Waals surface area contributed by atoms with Gasteiger partial charge in [-0.2, -0.15) is 5.10 Å². The zero-order chi connectivity index (χ0) is 16.2. The lowest BCUT2D eigenvalue weighted by molar-refractivity contribution is 0.111. The highest BCUT2D eigenvalue weighted by molar-refractivity contribution is 5.68. The molecule has 0 unspecified atom stereocenters. The Morgan fingerprint density at radius 3 is 2.65 bits per heavy atom. The van der Waals surface area contributed by atoms with E-state index in [9.17, 15) is 8.78 Å². The monoisotopic (exact) mass is 314 g/mol. The number of H-pyrrole nitrogens is 1. The van der Waals surface area contributed by atoms with E-state index in [0.29, 0.717) is 11.4 Å². The van der Waals surface area contributed by atoms with Gasteiger partial charge in [0.15, 0.2) is 0 Å². The van der Waals surface area contributed by atoms with Crippen LogP contribution in [0.4, 0.5) is 8.78 Å². The Labute approximate surface area is 132 Å². The molecule has 1 N–H and O–H groups in total. The number of nitrogens with zero attached hydrogens (tertiary/aromatic N) is 3. The van der Waals surface area contributed by atoms with Crippen molar-refractivity contribution < 1.29 is 8.78 Å². The molecule has 4 rings (SSSR count). The molecule has 2 aromatic heterocycles. The van der Waals surface area contributed by atoms with Crippen molar-refractivity contribution in [2.24, 2.45) is 0 Å². The Morgan fingerprint density at radius 1 is 1.22 bits per heavy atom. The fourth-order valence-corrected chi connectivity index (χ4v) is 3.00. The van der Waals surface area contributed by atoms with Crippen LogP contribution in [0, 0.1) is 13.8 Å². The minimum absolute atomic E-state index is 0.0954. The lowest BCUT2D eigenvalue weighted by Crippen LogP contribution is -1.96. The van der Waals surface area contributed by atoms with E-state index in [1.165, 1.54) is 0 Å². The molecule has 118 valence electrons. The quantitative estimate of drug-likeness (QED) is 0.794. The average molecular weight is 314 g/mol. The van der Waals surface area contributed by atoms with Crippen molar-refractivity contribution in [2.75, 3.05) is 0 Å². The van der Waals surface area contributed by atoms with E-state index in [2.05, 4.69) is 21.2 Å². The summed E-state index contributed by atoms with van der Waals surface area (Å²) in [5.74, 6) is -3.31. The van der Waals surface area contributed by atoms with Crippen LogP contribution in [0.5, 0.6) is 0 Å². The molecule has 23 heavy (non-hydrogen) atoms. The van der Waals surface area contributed by atoms with Gasteiger partial charge in [-0.25, -0.2) is 13.8 Å². The zero-order valence-electron chi connectivity index (χ0n) is 12.8. The van der Waals surface area contributed by atoms with Crippen LogP contribution in [0.25, 0.3) is 16.9 Å². The van der Waals surface area contributed by atoms with Crippen LogP contribution in [0.15, 0.2) is 36.9 Å². The first-order valence-corrected chi connectivity index (χ1v) is 7.49. The molecule has 0 aliphatic heterocycles. The summed E-state index contributed by atoms with van der Waals surface area (Å²) in [6.45, 7) is 4.03. The van der Waals surface area contributed by atoms with Crippen molar-refractivity contribution in [1.29, 1.82) is 0 Å². The molecule has 1 atom stereocenters. The molecule has 4 nitrogen and oxygen atoms in total. The molecule has 0 radical (unpaired) electrons. The number of benzene rings is 1.